The number of rotatable bonds is 4. The zero-order chi connectivity index (χ0) is 17.9. The number of hydrogen-bond donors (Lipinski definition) is 4. The highest BCUT2D eigenvalue weighted by atomic mass is 79.9. The Balaban J connectivity index is 2.17. The van der Waals surface area contributed by atoms with E-state index in [2.05, 4.69) is 21.2 Å². The lowest BCUT2D eigenvalue weighted by Crippen LogP contribution is -2.64. The number of hydrogen-bond acceptors (Lipinski definition) is 7. The van der Waals surface area contributed by atoms with Crippen molar-refractivity contribution in [1.29, 1.82) is 0 Å². The van der Waals surface area contributed by atoms with E-state index in [9.17, 15) is 24.9 Å². The van der Waals surface area contributed by atoms with Gasteiger partial charge in [0.2, 0.25) is 12.2 Å². The van der Waals surface area contributed by atoms with Crippen molar-refractivity contribution in [1.82, 2.24) is 5.32 Å². The monoisotopic (exact) mass is 403 g/mol. The third-order valence-electron chi connectivity index (χ3n) is 3.55. The predicted octanol–water partition coefficient (Wildman–Crippen LogP) is -0.450. The van der Waals surface area contributed by atoms with Crippen molar-refractivity contribution in [2.24, 2.45) is 0 Å². The van der Waals surface area contributed by atoms with E-state index in [-0.39, 0.29) is 5.56 Å². The maximum Gasteiger partial charge on any atom is 0.340 e. The maximum atomic E-state index is 12.2. The molecule has 5 atom stereocenters. The van der Waals surface area contributed by atoms with Crippen LogP contribution in [0.3, 0.4) is 0 Å². The molecule has 1 aliphatic heterocycles. The summed E-state index contributed by atoms with van der Waals surface area (Å²) in [6, 6.07) is 5.19. The number of nitrogens with one attached hydrogen (secondary N) is 1. The smallest absolute Gasteiger partial charge is 0.340 e. The first-order valence-corrected chi connectivity index (χ1v) is 7.99. The van der Waals surface area contributed by atoms with Crippen LogP contribution in [0.2, 0.25) is 0 Å². The van der Waals surface area contributed by atoms with E-state index in [1.54, 1.807) is 12.1 Å². The molecule has 3 unspecified atom stereocenters. The normalized spacial score (nSPS) is 29.8. The first-order valence-electron chi connectivity index (χ1n) is 7.19. The molecule has 1 aromatic rings. The van der Waals surface area contributed by atoms with Gasteiger partial charge in [-0.1, -0.05) is 15.9 Å². The van der Waals surface area contributed by atoms with Crippen molar-refractivity contribution in [3.8, 4) is 0 Å². The first-order chi connectivity index (χ1) is 11.3. The van der Waals surface area contributed by atoms with E-state index >= 15 is 0 Å². The Morgan fingerprint density at radius 3 is 2.42 bits per heavy atom. The van der Waals surface area contributed by atoms with Crippen LogP contribution >= 0.6 is 15.9 Å². The molecule has 2 rings (SSSR count). The zero-order valence-electron chi connectivity index (χ0n) is 12.8. The van der Waals surface area contributed by atoms with Crippen LogP contribution in [-0.4, -0.2) is 64.4 Å². The molecule has 4 N–H and O–H groups in total. The van der Waals surface area contributed by atoms with Gasteiger partial charge in [-0.25, -0.2) is 4.79 Å². The molecule has 0 spiro atoms. The van der Waals surface area contributed by atoms with Crippen molar-refractivity contribution in [2.45, 2.75) is 37.6 Å². The molecule has 9 heteroatoms. The fraction of sp³-hybridized carbons (Fsp3) is 0.467. The number of aliphatic hydroxyl groups is 3. The first kappa shape index (κ1) is 18.8. The van der Waals surface area contributed by atoms with Crippen LogP contribution in [0.4, 0.5) is 0 Å². The Labute approximate surface area is 146 Å². The fourth-order valence-corrected chi connectivity index (χ4v) is 2.59. The number of carbonyl (C=O) groups excluding carboxylic acids is 2. The minimum atomic E-state index is -1.47. The molecule has 1 amide bonds. The zero-order valence-corrected chi connectivity index (χ0v) is 14.3. The summed E-state index contributed by atoms with van der Waals surface area (Å²) in [5.74, 6) is -1.23. The lowest BCUT2D eigenvalue weighted by molar-refractivity contribution is -0.253. The maximum absolute atomic E-state index is 12.2. The second-order valence-corrected chi connectivity index (χ2v) is 6.26. The summed E-state index contributed by atoms with van der Waals surface area (Å²) in [5.41, 5.74) is 0.240. The molecule has 1 aromatic carbocycles. The molecule has 1 aliphatic rings. The Kier molecular flexibility index (Phi) is 6.30. The number of esters is 1. The summed E-state index contributed by atoms with van der Waals surface area (Å²) in [4.78, 5) is 23.5. The molecule has 0 aliphatic carbocycles. The number of carbonyl (C=O) groups is 2. The highest BCUT2D eigenvalue weighted by molar-refractivity contribution is 9.10. The predicted molar refractivity (Wildman–Crippen MR) is 84.9 cm³/mol. The minimum Gasteiger partial charge on any atom is -0.430 e. The molecule has 1 saturated heterocycles. The van der Waals surface area contributed by atoms with Crippen LogP contribution in [0, 0.1) is 0 Å². The molecule has 132 valence electrons. The van der Waals surface area contributed by atoms with Gasteiger partial charge in [0.25, 0.3) is 0 Å². The van der Waals surface area contributed by atoms with E-state index in [1.165, 1.54) is 19.1 Å². The highest BCUT2D eigenvalue weighted by Gasteiger charge is 2.46. The lowest BCUT2D eigenvalue weighted by atomic mass is 9.97. The molecule has 0 aromatic heterocycles. The average molecular weight is 404 g/mol. The Morgan fingerprint density at radius 1 is 1.25 bits per heavy atom. The van der Waals surface area contributed by atoms with E-state index in [0.717, 1.165) is 4.47 Å². The van der Waals surface area contributed by atoms with Gasteiger partial charge in [0, 0.05) is 11.4 Å². The van der Waals surface area contributed by atoms with E-state index in [4.69, 9.17) is 9.47 Å². The third-order valence-corrected chi connectivity index (χ3v) is 4.08. The van der Waals surface area contributed by atoms with Gasteiger partial charge in [-0.3, -0.25) is 4.79 Å². The Morgan fingerprint density at radius 2 is 1.88 bits per heavy atom. The molecule has 0 bridgehead atoms. The van der Waals surface area contributed by atoms with Gasteiger partial charge in [0.15, 0.2) is 0 Å². The summed E-state index contributed by atoms with van der Waals surface area (Å²) in [6.45, 7) is 0.627. The summed E-state index contributed by atoms with van der Waals surface area (Å²) in [7, 11) is 0. The average Bonchev–Trinajstić information content (AvgIpc) is 2.54. The highest BCUT2D eigenvalue weighted by Crippen LogP contribution is 2.23. The SMILES string of the molecule is CC(=O)NC1C(O)[C@H](O)C(CO)O[C@H]1OC(=O)c1ccc(Br)cc1. The second kappa shape index (κ2) is 8.04. The van der Waals surface area contributed by atoms with Crippen LogP contribution in [-0.2, 0) is 14.3 Å². The van der Waals surface area contributed by atoms with Crippen molar-refractivity contribution < 1.29 is 34.4 Å². The molecule has 1 heterocycles. The Bertz CT molecular complexity index is 594. The van der Waals surface area contributed by atoms with E-state index in [1.807, 2.05) is 0 Å². The quantitative estimate of drug-likeness (QED) is 0.501. The van der Waals surface area contributed by atoms with Crippen molar-refractivity contribution in [3.05, 3.63) is 34.3 Å². The molecular formula is C15H18BrNO7. The number of ether oxygens (including phenoxy) is 2. The largest absolute Gasteiger partial charge is 0.430 e. The molecule has 8 nitrogen and oxygen atoms in total. The van der Waals surface area contributed by atoms with Crippen LogP contribution in [0.15, 0.2) is 28.7 Å². The van der Waals surface area contributed by atoms with Gasteiger partial charge >= 0.3 is 5.97 Å². The van der Waals surface area contributed by atoms with Gasteiger partial charge in [-0.05, 0) is 24.3 Å². The second-order valence-electron chi connectivity index (χ2n) is 5.35. The standard InChI is InChI=1S/C15H18BrNO7/c1-7(19)17-11-13(21)12(20)10(6-18)23-15(11)24-14(22)8-2-4-9(16)5-3-8/h2-5,10-13,15,18,20-21H,6H2,1H3,(H,17,19)/t10?,11?,12-,13?,15+/m1/s1. The Hall–Kier alpha value is -1.52. The van der Waals surface area contributed by atoms with Gasteiger partial charge in [-0.2, -0.15) is 0 Å². The van der Waals surface area contributed by atoms with Crippen LogP contribution in [0.5, 0.6) is 0 Å². The fourth-order valence-electron chi connectivity index (χ4n) is 2.33. The van der Waals surface area contributed by atoms with Gasteiger partial charge in [0.05, 0.1) is 12.2 Å². The van der Waals surface area contributed by atoms with Crippen LogP contribution in [0.25, 0.3) is 0 Å². The van der Waals surface area contributed by atoms with Gasteiger partial charge in [0.1, 0.15) is 24.4 Å². The van der Waals surface area contributed by atoms with Crippen molar-refractivity contribution in [2.75, 3.05) is 6.61 Å². The number of benzene rings is 1. The molecule has 0 saturated carbocycles. The number of amides is 1. The number of aliphatic hydroxyl groups excluding tert-OH is 3. The van der Waals surface area contributed by atoms with Crippen LogP contribution in [0.1, 0.15) is 17.3 Å². The van der Waals surface area contributed by atoms with Crippen molar-refractivity contribution >= 4 is 27.8 Å². The molecule has 24 heavy (non-hydrogen) atoms. The summed E-state index contributed by atoms with van der Waals surface area (Å²) < 4.78 is 11.3. The number of halogens is 1. The van der Waals surface area contributed by atoms with Crippen LogP contribution < -0.4 is 5.32 Å². The summed E-state index contributed by atoms with van der Waals surface area (Å²) >= 11 is 3.25. The molecule has 0 radical (unpaired) electrons. The van der Waals surface area contributed by atoms with E-state index in [0.29, 0.717) is 0 Å². The molecular weight excluding hydrogens is 386 g/mol. The van der Waals surface area contributed by atoms with E-state index < -0.39 is 49.1 Å². The third kappa shape index (κ3) is 4.31. The molecule has 1 fully saturated rings. The topological polar surface area (TPSA) is 125 Å². The van der Waals surface area contributed by atoms with Gasteiger partial charge < -0.3 is 30.1 Å². The van der Waals surface area contributed by atoms with Crippen molar-refractivity contribution in [3.63, 3.8) is 0 Å². The summed E-state index contributed by atoms with van der Waals surface area (Å²) in [6.07, 6.45) is -5.41. The minimum absolute atomic E-state index is 0.240. The summed E-state index contributed by atoms with van der Waals surface area (Å²) in [5, 5.41) is 31.6. The van der Waals surface area contributed by atoms with Gasteiger partial charge in [-0.15, -0.1) is 0 Å². The lowest BCUT2D eigenvalue weighted by Gasteiger charge is -2.41.